The van der Waals surface area contributed by atoms with Crippen LogP contribution in [0.2, 0.25) is 0 Å². The van der Waals surface area contributed by atoms with Gasteiger partial charge in [0, 0.05) is 12.1 Å². The Labute approximate surface area is 109 Å². The Morgan fingerprint density at radius 3 is 2.33 bits per heavy atom. The van der Waals surface area contributed by atoms with E-state index < -0.39 is 0 Å². The van der Waals surface area contributed by atoms with Crippen molar-refractivity contribution in [2.45, 2.75) is 32.9 Å². The van der Waals surface area contributed by atoms with E-state index in [-0.39, 0.29) is 5.54 Å². The summed E-state index contributed by atoms with van der Waals surface area (Å²) in [5.41, 5.74) is 1.46. The fraction of sp³-hybridized carbons (Fsp3) is 0.375. The zero-order valence-corrected chi connectivity index (χ0v) is 11.6. The lowest BCUT2D eigenvalue weighted by molar-refractivity contribution is 0.415. The number of ether oxygens (including phenoxy) is 1. The van der Waals surface area contributed by atoms with Crippen molar-refractivity contribution in [2.24, 2.45) is 0 Å². The highest BCUT2D eigenvalue weighted by Crippen LogP contribution is 2.22. The normalized spacial score (nSPS) is 11.8. The highest BCUT2D eigenvalue weighted by molar-refractivity contribution is 5.84. The van der Waals surface area contributed by atoms with E-state index >= 15 is 0 Å². The maximum absolute atomic E-state index is 5.23. The number of methoxy groups -OCH3 is 1. The van der Waals surface area contributed by atoms with Gasteiger partial charge in [-0.05, 0) is 55.3 Å². The second-order valence-corrected chi connectivity index (χ2v) is 5.65. The highest BCUT2D eigenvalue weighted by atomic mass is 16.5. The van der Waals surface area contributed by atoms with Crippen LogP contribution in [-0.4, -0.2) is 12.6 Å². The molecule has 2 aromatic carbocycles. The molecule has 0 amide bonds. The fourth-order valence-electron chi connectivity index (χ4n) is 1.88. The number of hydrogen-bond donors (Lipinski definition) is 1. The molecule has 0 aliphatic heterocycles. The first-order valence-electron chi connectivity index (χ1n) is 6.30. The van der Waals surface area contributed by atoms with Gasteiger partial charge >= 0.3 is 0 Å². The van der Waals surface area contributed by atoms with E-state index in [2.05, 4.69) is 56.4 Å². The van der Waals surface area contributed by atoms with Crippen molar-refractivity contribution < 1.29 is 4.74 Å². The van der Waals surface area contributed by atoms with Gasteiger partial charge in [-0.25, -0.2) is 0 Å². The van der Waals surface area contributed by atoms with Gasteiger partial charge in [-0.1, -0.05) is 18.2 Å². The van der Waals surface area contributed by atoms with Crippen LogP contribution in [0.3, 0.4) is 0 Å². The summed E-state index contributed by atoms with van der Waals surface area (Å²) in [5, 5.41) is 5.97. The van der Waals surface area contributed by atoms with Crippen LogP contribution in [-0.2, 0) is 6.54 Å². The summed E-state index contributed by atoms with van der Waals surface area (Å²) in [6.07, 6.45) is 0. The maximum Gasteiger partial charge on any atom is 0.119 e. The molecule has 0 unspecified atom stereocenters. The van der Waals surface area contributed by atoms with Crippen LogP contribution in [0.15, 0.2) is 36.4 Å². The Morgan fingerprint density at radius 1 is 1.00 bits per heavy atom. The van der Waals surface area contributed by atoms with Crippen LogP contribution >= 0.6 is 0 Å². The minimum absolute atomic E-state index is 0.148. The first-order chi connectivity index (χ1) is 8.48. The molecule has 0 aliphatic rings. The molecule has 0 heterocycles. The summed E-state index contributed by atoms with van der Waals surface area (Å²) in [6.45, 7) is 7.43. The van der Waals surface area contributed by atoms with Gasteiger partial charge in [-0.15, -0.1) is 0 Å². The fourth-order valence-corrected chi connectivity index (χ4v) is 1.88. The summed E-state index contributed by atoms with van der Waals surface area (Å²) in [6, 6.07) is 12.7. The molecule has 0 saturated carbocycles. The average molecular weight is 243 g/mol. The molecule has 1 N–H and O–H groups in total. The van der Waals surface area contributed by atoms with Gasteiger partial charge in [-0.3, -0.25) is 0 Å². The lowest BCUT2D eigenvalue weighted by Crippen LogP contribution is -2.35. The third-order valence-corrected chi connectivity index (χ3v) is 2.93. The van der Waals surface area contributed by atoms with Crippen molar-refractivity contribution in [3.8, 4) is 5.75 Å². The average Bonchev–Trinajstić information content (AvgIpc) is 2.34. The van der Waals surface area contributed by atoms with Crippen molar-refractivity contribution >= 4 is 10.8 Å². The SMILES string of the molecule is COc1ccc2cc(CNC(C)(C)C)ccc2c1. The molecule has 2 nitrogen and oxygen atoms in total. The summed E-state index contributed by atoms with van der Waals surface area (Å²) < 4.78 is 5.23. The second kappa shape index (κ2) is 4.99. The number of nitrogens with one attached hydrogen (secondary N) is 1. The van der Waals surface area contributed by atoms with Gasteiger partial charge in [0.05, 0.1) is 7.11 Å². The molecule has 2 aromatic rings. The van der Waals surface area contributed by atoms with Crippen molar-refractivity contribution in [1.82, 2.24) is 5.32 Å². The quantitative estimate of drug-likeness (QED) is 0.886. The van der Waals surface area contributed by atoms with Crippen molar-refractivity contribution in [3.63, 3.8) is 0 Å². The topological polar surface area (TPSA) is 21.3 Å². The van der Waals surface area contributed by atoms with Crippen LogP contribution in [0.5, 0.6) is 5.75 Å². The summed E-state index contributed by atoms with van der Waals surface area (Å²) in [4.78, 5) is 0. The van der Waals surface area contributed by atoms with Gasteiger partial charge in [0.25, 0.3) is 0 Å². The first kappa shape index (κ1) is 12.9. The number of rotatable bonds is 3. The Balaban J connectivity index is 2.22. The third-order valence-electron chi connectivity index (χ3n) is 2.93. The molecule has 2 heteroatoms. The zero-order valence-electron chi connectivity index (χ0n) is 11.6. The lowest BCUT2D eigenvalue weighted by atomic mass is 10.0. The summed E-state index contributed by atoms with van der Waals surface area (Å²) in [7, 11) is 1.70. The van der Waals surface area contributed by atoms with Crippen LogP contribution in [0.1, 0.15) is 26.3 Å². The van der Waals surface area contributed by atoms with E-state index in [0.29, 0.717) is 0 Å². The molecule has 0 radical (unpaired) electrons. The van der Waals surface area contributed by atoms with Crippen LogP contribution in [0.4, 0.5) is 0 Å². The molecule has 0 fully saturated rings. The smallest absolute Gasteiger partial charge is 0.119 e. The third kappa shape index (κ3) is 3.23. The molecule has 0 aromatic heterocycles. The minimum Gasteiger partial charge on any atom is -0.497 e. The Kier molecular flexibility index (Phi) is 3.58. The van der Waals surface area contributed by atoms with Crippen molar-refractivity contribution in [2.75, 3.05) is 7.11 Å². The van der Waals surface area contributed by atoms with Crippen molar-refractivity contribution in [3.05, 3.63) is 42.0 Å². The first-order valence-corrected chi connectivity index (χ1v) is 6.30. The maximum atomic E-state index is 5.23. The van der Waals surface area contributed by atoms with Crippen LogP contribution in [0, 0.1) is 0 Å². The monoisotopic (exact) mass is 243 g/mol. The zero-order chi connectivity index (χ0) is 13.2. The van der Waals surface area contributed by atoms with Crippen LogP contribution in [0.25, 0.3) is 10.8 Å². The lowest BCUT2D eigenvalue weighted by Gasteiger charge is -2.20. The standard InChI is InChI=1S/C16H21NO/c1-16(2,3)17-11-12-5-6-14-10-15(18-4)8-7-13(14)9-12/h5-10,17H,11H2,1-4H3. The Morgan fingerprint density at radius 2 is 1.67 bits per heavy atom. The van der Waals surface area contributed by atoms with E-state index in [0.717, 1.165) is 12.3 Å². The molecular weight excluding hydrogens is 222 g/mol. The molecule has 0 aliphatic carbocycles. The van der Waals surface area contributed by atoms with Gasteiger partial charge in [0.2, 0.25) is 0 Å². The molecule has 0 atom stereocenters. The number of benzene rings is 2. The number of hydrogen-bond acceptors (Lipinski definition) is 2. The van der Waals surface area contributed by atoms with Crippen molar-refractivity contribution in [1.29, 1.82) is 0 Å². The van der Waals surface area contributed by atoms with E-state index in [9.17, 15) is 0 Å². The number of fused-ring (bicyclic) bond motifs is 1. The molecule has 0 spiro atoms. The molecule has 0 saturated heterocycles. The molecule has 18 heavy (non-hydrogen) atoms. The molecule has 96 valence electrons. The van der Waals surface area contributed by atoms with Gasteiger partial charge in [0.1, 0.15) is 5.75 Å². The predicted octanol–water partition coefficient (Wildman–Crippen LogP) is 3.74. The van der Waals surface area contributed by atoms with E-state index in [1.54, 1.807) is 7.11 Å². The van der Waals surface area contributed by atoms with E-state index in [1.807, 2.05) is 6.07 Å². The van der Waals surface area contributed by atoms with Gasteiger partial charge < -0.3 is 10.1 Å². The summed E-state index contributed by atoms with van der Waals surface area (Å²) >= 11 is 0. The summed E-state index contributed by atoms with van der Waals surface area (Å²) in [5.74, 6) is 0.906. The molecule has 2 rings (SSSR count). The Bertz CT molecular complexity index is 540. The predicted molar refractivity (Wildman–Crippen MR) is 77.1 cm³/mol. The minimum atomic E-state index is 0.148. The Hall–Kier alpha value is -1.54. The molecule has 0 bridgehead atoms. The van der Waals surface area contributed by atoms with Gasteiger partial charge in [-0.2, -0.15) is 0 Å². The largest absolute Gasteiger partial charge is 0.497 e. The van der Waals surface area contributed by atoms with E-state index in [1.165, 1.54) is 16.3 Å². The second-order valence-electron chi connectivity index (χ2n) is 5.65. The van der Waals surface area contributed by atoms with Crippen LogP contribution < -0.4 is 10.1 Å². The van der Waals surface area contributed by atoms with Gasteiger partial charge in [0.15, 0.2) is 0 Å². The molecular formula is C16H21NO. The highest BCUT2D eigenvalue weighted by Gasteiger charge is 2.08. The van der Waals surface area contributed by atoms with E-state index in [4.69, 9.17) is 4.74 Å².